The van der Waals surface area contributed by atoms with Gasteiger partial charge in [-0.15, -0.1) is 0 Å². The zero-order valence-electron chi connectivity index (χ0n) is 12.9. The maximum atomic E-state index is 5.70. The summed E-state index contributed by atoms with van der Waals surface area (Å²) in [6, 6.07) is 9.28. The number of hydrogen-bond donors (Lipinski definition) is 2. The second kappa shape index (κ2) is 8.18. The minimum Gasteiger partial charge on any atom is -0.491 e. The average Bonchev–Trinajstić information content (AvgIpc) is 2.33. The summed E-state index contributed by atoms with van der Waals surface area (Å²) >= 11 is 0. The Labute approximate surface area is 117 Å². The van der Waals surface area contributed by atoms with Crippen LogP contribution < -0.4 is 15.4 Å². The first-order chi connectivity index (χ1) is 8.97. The molecule has 108 valence electrons. The Morgan fingerprint density at radius 2 is 1.79 bits per heavy atom. The first kappa shape index (κ1) is 16.0. The van der Waals surface area contributed by atoms with E-state index in [9.17, 15) is 0 Å². The lowest BCUT2D eigenvalue weighted by Gasteiger charge is -2.17. The van der Waals surface area contributed by atoms with E-state index in [0.29, 0.717) is 12.1 Å². The van der Waals surface area contributed by atoms with Crippen molar-refractivity contribution in [3.8, 4) is 5.75 Å². The predicted octanol–water partition coefficient (Wildman–Crippen LogP) is 2.95. The lowest BCUT2D eigenvalue weighted by Crippen LogP contribution is -2.38. The van der Waals surface area contributed by atoms with Crippen molar-refractivity contribution in [1.82, 2.24) is 10.6 Å². The van der Waals surface area contributed by atoms with Crippen LogP contribution in [0.5, 0.6) is 5.75 Å². The summed E-state index contributed by atoms with van der Waals surface area (Å²) in [6.45, 7) is 12.5. The molecule has 1 atom stereocenters. The Bertz CT molecular complexity index is 364. The molecule has 1 aromatic rings. The van der Waals surface area contributed by atoms with E-state index < -0.39 is 0 Å². The third-order valence-electron chi connectivity index (χ3n) is 2.76. The van der Waals surface area contributed by atoms with E-state index in [0.717, 1.165) is 18.8 Å². The van der Waals surface area contributed by atoms with Crippen LogP contribution in [-0.2, 0) is 6.54 Å². The molecule has 0 aliphatic carbocycles. The molecule has 1 aromatic carbocycles. The van der Waals surface area contributed by atoms with Gasteiger partial charge in [0.1, 0.15) is 5.75 Å². The Hall–Kier alpha value is -1.06. The van der Waals surface area contributed by atoms with Crippen molar-refractivity contribution in [3.63, 3.8) is 0 Å². The van der Waals surface area contributed by atoms with Crippen molar-refractivity contribution in [2.75, 3.05) is 6.54 Å². The smallest absolute Gasteiger partial charge is 0.120 e. The van der Waals surface area contributed by atoms with Crippen LogP contribution in [0.1, 0.15) is 40.2 Å². The highest BCUT2D eigenvalue weighted by molar-refractivity contribution is 5.28. The maximum Gasteiger partial charge on any atom is 0.120 e. The number of rotatable bonds is 8. The van der Waals surface area contributed by atoms with Crippen molar-refractivity contribution >= 4 is 0 Å². The van der Waals surface area contributed by atoms with Crippen LogP contribution in [0.15, 0.2) is 24.3 Å². The molecule has 0 saturated heterocycles. The van der Waals surface area contributed by atoms with Gasteiger partial charge < -0.3 is 15.4 Å². The van der Waals surface area contributed by atoms with Crippen LogP contribution in [0.3, 0.4) is 0 Å². The second-order valence-electron chi connectivity index (χ2n) is 5.66. The van der Waals surface area contributed by atoms with E-state index in [-0.39, 0.29) is 6.10 Å². The summed E-state index contributed by atoms with van der Waals surface area (Å²) in [6.07, 6.45) is 0.220. The summed E-state index contributed by atoms with van der Waals surface area (Å²) in [7, 11) is 0. The first-order valence-corrected chi connectivity index (χ1v) is 7.19. The number of benzene rings is 1. The molecule has 0 saturated carbocycles. The fourth-order valence-corrected chi connectivity index (χ4v) is 1.78. The third-order valence-corrected chi connectivity index (χ3v) is 2.76. The summed E-state index contributed by atoms with van der Waals surface area (Å²) in [4.78, 5) is 0. The molecule has 3 nitrogen and oxygen atoms in total. The van der Waals surface area contributed by atoms with Crippen LogP contribution in [0.25, 0.3) is 0 Å². The van der Waals surface area contributed by atoms with Crippen LogP contribution >= 0.6 is 0 Å². The lowest BCUT2D eigenvalue weighted by molar-refractivity contribution is 0.242. The van der Waals surface area contributed by atoms with Gasteiger partial charge in [-0.3, -0.25) is 0 Å². The molecule has 0 aliphatic rings. The van der Waals surface area contributed by atoms with Crippen LogP contribution in [0, 0.1) is 0 Å². The van der Waals surface area contributed by atoms with Gasteiger partial charge in [0.05, 0.1) is 6.10 Å². The van der Waals surface area contributed by atoms with Crippen LogP contribution in [-0.4, -0.2) is 24.7 Å². The highest BCUT2D eigenvalue weighted by Crippen LogP contribution is 2.14. The standard InChI is InChI=1S/C16H28N2O/c1-12(2)17-10-14(5)18-11-15-7-6-8-16(9-15)19-13(3)4/h6-9,12-14,17-18H,10-11H2,1-5H3. The number of nitrogens with one attached hydrogen (secondary N) is 2. The van der Waals surface area contributed by atoms with Crippen molar-refractivity contribution in [2.24, 2.45) is 0 Å². The van der Waals surface area contributed by atoms with E-state index in [1.54, 1.807) is 0 Å². The van der Waals surface area contributed by atoms with Gasteiger partial charge in [0, 0.05) is 25.2 Å². The second-order valence-corrected chi connectivity index (χ2v) is 5.66. The van der Waals surface area contributed by atoms with Crippen molar-refractivity contribution < 1.29 is 4.74 Å². The molecule has 19 heavy (non-hydrogen) atoms. The zero-order valence-corrected chi connectivity index (χ0v) is 12.9. The Balaban J connectivity index is 2.40. The van der Waals surface area contributed by atoms with E-state index in [2.05, 4.69) is 43.5 Å². The Morgan fingerprint density at radius 3 is 2.42 bits per heavy atom. The van der Waals surface area contributed by atoms with E-state index in [1.165, 1.54) is 5.56 Å². The van der Waals surface area contributed by atoms with Crippen molar-refractivity contribution in [2.45, 2.75) is 59.4 Å². The molecule has 3 heteroatoms. The average molecular weight is 264 g/mol. The molecule has 0 spiro atoms. The minimum absolute atomic E-state index is 0.220. The largest absolute Gasteiger partial charge is 0.491 e. The van der Waals surface area contributed by atoms with Gasteiger partial charge >= 0.3 is 0 Å². The highest BCUT2D eigenvalue weighted by Gasteiger charge is 2.03. The highest BCUT2D eigenvalue weighted by atomic mass is 16.5. The molecule has 0 aliphatic heterocycles. The molecular weight excluding hydrogens is 236 g/mol. The number of hydrogen-bond acceptors (Lipinski definition) is 3. The fraction of sp³-hybridized carbons (Fsp3) is 0.625. The van der Waals surface area contributed by atoms with Crippen LogP contribution in [0.2, 0.25) is 0 Å². The van der Waals surface area contributed by atoms with Crippen LogP contribution in [0.4, 0.5) is 0 Å². The lowest BCUT2D eigenvalue weighted by atomic mass is 10.2. The normalized spacial score (nSPS) is 13.0. The monoisotopic (exact) mass is 264 g/mol. The van der Waals surface area contributed by atoms with E-state index in [1.807, 2.05) is 26.0 Å². The van der Waals surface area contributed by atoms with Gasteiger partial charge in [0.25, 0.3) is 0 Å². The third kappa shape index (κ3) is 7.19. The molecule has 0 heterocycles. The molecule has 0 fully saturated rings. The van der Waals surface area contributed by atoms with Crippen molar-refractivity contribution in [1.29, 1.82) is 0 Å². The van der Waals surface area contributed by atoms with Gasteiger partial charge in [0.15, 0.2) is 0 Å². The maximum absolute atomic E-state index is 5.70. The summed E-state index contributed by atoms with van der Waals surface area (Å²) < 4.78 is 5.70. The van der Waals surface area contributed by atoms with E-state index in [4.69, 9.17) is 4.74 Å². The van der Waals surface area contributed by atoms with Gasteiger partial charge in [0.2, 0.25) is 0 Å². The molecule has 2 N–H and O–H groups in total. The molecule has 0 bridgehead atoms. The summed E-state index contributed by atoms with van der Waals surface area (Å²) in [5.74, 6) is 0.947. The summed E-state index contributed by atoms with van der Waals surface area (Å²) in [5.41, 5.74) is 1.26. The van der Waals surface area contributed by atoms with Gasteiger partial charge in [-0.1, -0.05) is 26.0 Å². The fourth-order valence-electron chi connectivity index (χ4n) is 1.78. The molecule has 0 aromatic heterocycles. The van der Waals surface area contributed by atoms with Gasteiger partial charge in [-0.05, 0) is 38.5 Å². The predicted molar refractivity (Wildman–Crippen MR) is 81.6 cm³/mol. The minimum atomic E-state index is 0.220. The Morgan fingerprint density at radius 1 is 1.05 bits per heavy atom. The van der Waals surface area contributed by atoms with E-state index >= 15 is 0 Å². The van der Waals surface area contributed by atoms with Gasteiger partial charge in [-0.25, -0.2) is 0 Å². The Kier molecular flexibility index (Phi) is 6.89. The topological polar surface area (TPSA) is 33.3 Å². The SMILES string of the molecule is CC(C)NCC(C)NCc1cccc(OC(C)C)c1. The molecule has 0 amide bonds. The zero-order chi connectivity index (χ0) is 14.3. The molecular formula is C16H28N2O. The molecule has 1 rings (SSSR count). The quantitative estimate of drug-likeness (QED) is 0.757. The number of ether oxygens (including phenoxy) is 1. The summed E-state index contributed by atoms with van der Waals surface area (Å²) in [5, 5.41) is 6.95. The molecule has 1 unspecified atom stereocenters. The van der Waals surface area contributed by atoms with Crippen molar-refractivity contribution in [3.05, 3.63) is 29.8 Å². The van der Waals surface area contributed by atoms with Gasteiger partial charge in [-0.2, -0.15) is 0 Å². The molecule has 0 radical (unpaired) electrons. The first-order valence-electron chi connectivity index (χ1n) is 7.19.